The third-order valence-electron chi connectivity index (χ3n) is 4.66. The number of carbonyl (C=O) groups is 1. The van der Waals surface area contributed by atoms with E-state index in [-0.39, 0.29) is 5.91 Å². The van der Waals surface area contributed by atoms with Crippen molar-refractivity contribution >= 4 is 17.5 Å². The summed E-state index contributed by atoms with van der Waals surface area (Å²) in [5.41, 5.74) is 1.79. The molecule has 0 atom stereocenters. The molecule has 0 spiro atoms. The molecule has 2 heterocycles. The second-order valence-corrected chi connectivity index (χ2v) is 6.77. The zero-order chi connectivity index (χ0) is 16.9. The number of rotatable bonds is 5. The van der Waals surface area contributed by atoms with Crippen LogP contribution in [0.15, 0.2) is 36.5 Å². The smallest absolute Gasteiger partial charge is 0.269 e. The summed E-state index contributed by atoms with van der Waals surface area (Å²) in [5.74, 6) is 0.484. The minimum Gasteiger partial charge on any atom is -0.350 e. The van der Waals surface area contributed by atoms with Crippen LogP contribution in [0.1, 0.15) is 28.9 Å². The zero-order valence-corrected chi connectivity index (χ0v) is 14.7. The van der Waals surface area contributed by atoms with Crippen LogP contribution in [0.2, 0.25) is 5.02 Å². The van der Waals surface area contributed by atoms with Crippen molar-refractivity contribution in [3.05, 3.63) is 52.8 Å². The molecule has 1 aliphatic heterocycles. The van der Waals surface area contributed by atoms with E-state index in [1.165, 1.54) is 5.56 Å². The fourth-order valence-electron chi connectivity index (χ4n) is 3.14. The van der Waals surface area contributed by atoms with Gasteiger partial charge in [0.25, 0.3) is 5.91 Å². The molecule has 1 aliphatic rings. The monoisotopic (exact) mass is 346 g/mol. The summed E-state index contributed by atoms with van der Waals surface area (Å²) in [7, 11) is 1.78. The number of nitrogens with zero attached hydrogens (tertiary/aromatic N) is 3. The third kappa shape index (κ3) is 4.16. The quantitative estimate of drug-likeness (QED) is 0.905. The van der Waals surface area contributed by atoms with Gasteiger partial charge < -0.3 is 5.32 Å². The second kappa shape index (κ2) is 7.81. The van der Waals surface area contributed by atoms with Gasteiger partial charge in [0, 0.05) is 31.4 Å². The van der Waals surface area contributed by atoms with Crippen LogP contribution in [0.5, 0.6) is 0 Å². The second-order valence-electron chi connectivity index (χ2n) is 6.36. The Kier molecular flexibility index (Phi) is 5.53. The van der Waals surface area contributed by atoms with E-state index in [0.29, 0.717) is 11.6 Å². The summed E-state index contributed by atoms with van der Waals surface area (Å²) in [4.78, 5) is 14.5. The summed E-state index contributed by atoms with van der Waals surface area (Å²) in [6.07, 6.45) is 3.83. The molecule has 0 saturated carbocycles. The Balaban J connectivity index is 1.43. The highest BCUT2D eigenvalue weighted by Crippen LogP contribution is 2.22. The minimum absolute atomic E-state index is 0.0477. The van der Waals surface area contributed by atoms with Crippen LogP contribution in [-0.4, -0.2) is 40.2 Å². The van der Waals surface area contributed by atoms with Crippen molar-refractivity contribution in [2.24, 2.45) is 13.0 Å². The molecular weight excluding hydrogens is 324 g/mol. The maximum atomic E-state index is 12.1. The van der Waals surface area contributed by atoms with Crippen molar-refractivity contribution in [3.63, 3.8) is 0 Å². The molecule has 24 heavy (non-hydrogen) atoms. The van der Waals surface area contributed by atoms with Crippen LogP contribution in [0.25, 0.3) is 0 Å². The Morgan fingerprint density at radius 2 is 2.04 bits per heavy atom. The molecule has 128 valence electrons. The first kappa shape index (κ1) is 17.0. The molecule has 5 nitrogen and oxygen atoms in total. The first-order valence-corrected chi connectivity index (χ1v) is 8.73. The first-order chi connectivity index (χ1) is 11.6. The molecule has 1 N–H and O–H groups in total. The Bertz CT molecular complexity index is 692. The van der Waals surface area contributed by atoms with E-state index >= 15 is 0 Å². The molecule has 1 aromatic heterocycles. The summed E-state index contributed by atoms with van der Waals surface area (Å²) >= 11 is 6.24. The number of amides is 1. The molecule has 0 bridgehead atoms. The number of benzene rings is 1. The number of hydrogen-bond donors (Lipinski definition) is 1. The third-order valence-corrected chi connectivity index (χ3v) is 5.03. The number of carbonyl (C=O) groups excluding carboxylic acids is 1. The minimum atomic E-state index is -0.0477. The van der Waals surface area contributed by atoms with Crippen LogP contribution >= 0.6 is 11.6 Å². The van der Waals surface area contributed by atoms with E-state index in [1.54, 1.807) is 24.0 Å². The van der Waals surface area contributed by atoms with E-state index in [9.17, 15) is 4.79 Å². The van der Waals surface area contributed by atoms with Gasteiger partial charge in [-0.2, -0.15) is 5.10 Å². The van der Waals surface area contributed by atoms with Gasteiger partial charge in [-0.15, -0.1) is 0 Å². The largest absolute Gasteiger partial charge is 0.350 e. The summed E-state index contributed by atoms with van der Waals surface area (Å²) in [5, 5.41) is 7.89. The number of likely N-dealkylation sites (tertiary alicyclic amines) is 1. The van der Waals surface area contributed by atoms with Crippen molar-refractivity contribution in [2.45, 2.75) is 19.4 Å². The van der Waals surface area contributed by atoms with Gasteiger partial charge in [-0.1, -0.05) is 29.8 Å². The van der Waals surface area contributed by atoms with E-state index in [2.05, 4.69) is 21.4 Å². The van der Waals surface area contributed by atoms with E-state index < -0.39 is 0 Å². The molecule has 6 heteroatoms. The molecule has 0 radical (unpaired) electrons. The normalized spacial score (nSPS) is 16.2. The molecule has 3 rings (SSSR count). The average Bonchev–Trinajstić information content (AvgIpc) is 3.02. The van der Waals surface area contributed by atoms with Crippen LogP contribution in [0, 0.1) is 5.92 Å². The van der Waals surface area contributed by atoms with Gasteiger partial charge in [0.15, 0.2) is 0 Å². The van der Waals surface area contributed by atoms with Crippen molar-refractivity contribution in [2.75, 3.05) is 19.6 Å². The number of aryl methyl sites for hydroxylation is 1. The van der Waals surface area contributed by atoms with Crippen molar-refractivity contribution in [1.82, 2.24) is 20.0 Å². The molecule has 1 saturated heterocycles. The molecule has 2 aromatic rings. The van der Waals surface area contributed by atoms with Crippen molar-refractivity contribution in [3.8, 4) is 0 Å². The van der Waals surface area contributed by atoms with Crippen molar-refractivity contribution < 1.29 is 4.79 Å². The predicted molar refractivity (Wildman–Crippen MR) is 95.0 cm³/mol. The lowest BCUT2D eigenvalue weighted by Gasteiger charge is -2.32. The van der Waals surface area contributed by atoms with Crippen molar-refractivity contribution in [1.29, 1.82) is 0 Å². The lowest BCUT2D eigenvalue weighted by molar-refractivity contribution is 0.0926. The molecule has 0 unspecified atom stereocenters. The number of halogens is 1. The van der Waals surface area contributed by atoms with Gasteiger partial charge in [0.2, 0.25) is 0 Å². The number of hydrogen-bond acceptors (Lipinski definition) is 3. The number of nitrogens with one attached hydrogen (secondary N) is 1. The molecule has 1 fully saturated rings. The fraction of sp³-hybridized carbons (Fsp3) is 0.444. The first-order valence-electron chi connectivity index (χ1n) is 8.35. The van der Waals surface area contributed by atoms with Gasteiger partial charge in [0.1, 0.15) is 5.69 Å². The number of piperidine rings is 1. The topological polar surface area (TPSA) is 50.2 Å². The SMILES string of the molecule is Cn1nccc1C(=O)NCC1CCN(Cc2ccccc2Cl)CC1. The van der Waals surface area contributed by atoms with Crippen LogP contribution in [0.4, 0.5) is 0 Å². The lowest BCUT2D eigenvalue weighted by atomic mass is 9.96. The van der Waals surface area contributed by atoms with Gasteiger partial charge in [-0.25, -0.2) is 0 Å². The van der Waals surface area contributed by atoms with E-state index in [1.807, 2.05) is 18.2 Å². The standard InChI is InChI=1S/C18H23ClN4O/c1-22-17(6-9-21-22)18(24)20-12-14-7-10-23(11-8-14)13-15-4-2-3-5-16(15)19/h2-6,9,14H,7-8,10-13H2,1H3,(H,20,24). The average molecular weight is 347 g/mol. The highest BCUT2D eigenvalue weighted by molar-refractivity contribution is 6.31. The Hall–Kier alpha value is -1.85. The van der Waals surface area contributed by atoms with Crippen LogP contribution < -0.4 is 5.32 Å². The summed E-state index contributed by atoms with van der Waals surface area (Å²) < 4.78 is 1.60. The molecule has 1 aromatic carbocycles. The zero-order valence-electron chi connectivity index (χ0n) is 13.9. The van der Waals surface area contributed by atoms with Gasteiger partial charge in [-0.05, 0) is 49.5 Å². The Morgan fingerprint density at radius 1 is 1.29 bits per heavy atom. The maximum absolute atomic E-state index is 12.1. The van der Waals surface area contributed by atoms with Gasteiger partial charge >= 0.3 is 0 Å². The highest BCUT2D eigenvalue weighted by Gasteiger charge is 2.21. The maximum Gasteiger partial charge on any atom is 0.269 e. The van der Waals surface area contributed by atoms with Crippen LogP contribution in [-0.2, 0) is 13.6 Å². The molecule has 1 amide bonds. The van der Waals surface area contributed by atoms with E-state index in [4.69, 9.17) is 11.6 Å². The Morgan fingerprint density at radius 3 is 2.71 bits per heavy atom. The van der Waals surface area contributed by atoms with Crippen LogP contribution in [0.3, 0.4) is 0 Å². The highest BCUT2D eigenvalue weighted by atomic mass is 35.5. The predicted octanol–water partition coefficient (Wildman–Crippen LogP) is 2.72. The Labute approximate surface area is 147 Å². The molecular formula is C18H23ClN4O. The number of aromatic nitrogens is 2. The lowest BCUT2D eigenvalue weighted by Crippen LogP contribution is -2.38. The van der Waals surface area contributed by atoms with Gasteiger partial charge in [-0.3, -0.25) is 14.4 Å². The molecule has 0 aliphatic carbocycles. The summed E-state index contributed by atoms with van der Waals surface area (Å²) in [6.45, 7) is 3.70. The van der Waals surface area contributed by atoms with Gasteiger partial charge in [0.05, 0.1) is 0 Å². The summed E-state index contributed by atoms with van der Waals surface area (Å²) in [6, 6.07) is 9.76. The van der Waals surface area contributed by atoms with E-state index in [0.717, 1.165) is 44.0 Å². The fourth-order valence-corrected chi connectivity index (χ4v) is 3.34.